The highest BCUT2D eigenvalue weighted by molar-refractivity contribution is 5.90. The average molecular weight is 299 g/mol. The summed E-state index contributed by atoms with van der Waals surface area (Å²) in [7, 11) is 0. The van der Waals surface area contributed by atoms with Gasteiger partial charge in [0.2, 0.25) is 0 Å². The highest BCUT2D eigenvalue weighted by atomic mass is 16.5. The van der Waals surface area contributed by atoms with Gasteiger partial charge in [-0.2, -0.15) is 0 Å². The van der Waals surface area contributed by atoms with Crippen molar-refractivity contribution < 1.29 is 14.6 Å². The molecule has 1 amide bonds. The van der Waals surface area contributed by atoms with Gasteiger partial charge in [0.05, 0.1) is 6.61 Å². The van der Waals surface area contributed by atoms with Crippen LogP contribution in [0.4, 0.5) is 0 Å². The van der Waals surface area contributed by atoms with E-state index in [9.17, 15) is 9.90 Å². The first-order valence-corrected chi connectivity index (χ1v) is 7.39. The smallest absolute Gasteiger partial charge is 0.261 e. The van der Waals surface area contributed by atoms with Gasteiger partial charge in [0.15, 0.2) is 5.60 Å². The standard InChI is InChI=1S/C18H21NO3/c1-2-22-14-13-19-17(20)18(21,15-9-5-3-6-10-15)16-11-7-4-8-12-16/h3-12,21H,2,13-14H2,1H3,(H,19,20). The van der Waals surface area contributed by atoms with Crippen LogP contribution in [0.5, 0.6) is 0 Å². The first-order valence-electron chi connectivity index (χ1n) is 7.39. The Kier molecular flexibility index (Phi) is 5.69. The molecule has 0 aliphatic carbocycles. The molecule has 0 saturated carbocycles. The summed E-state index contributed by atoms with van der Waals surface area (Å²) in [6.07, 6.45) is 0. The predicted molar refractivity (Wildman–Crippen MR) is 85.4 cm³/mol. The number of amides is 1. The fraction of sp³-hybridized carbons (Fsp3) is 0.278. The van der Waals surface area contributed by atoms with Crippen molar-refractivity contribution in [2.75, 3.05) is 19.8 Å². The van der Waals surface area contributed by atoms with Crippen LogP contribution in [0.1, 0.15) is 18.1 Å². The summed E-state index contributed by atoms with van der Waals surface area (Å²) in [4.78, 5) is 12.6. The zero-order valence-corrected chi connectivity index (χ0v) is 12.7. The van der Waals surface area contributed by atoms with Crippen LogP contribution in [-0.4, -0.2) is 30.8 Å². The molecule has 0 atom stereocenters. The second-order valence-corrected chi connectivity index (χ2v) is 4.90. The molecule has 0 spiro atoms. The zero-order chi connectivity index (χ0) is 15.8. The van der Waals surface area contributed by atoms with Crippen molar-refractivity contribution in [1.82, 2.24) is 5.32 Å². The molecule has 2 aromatic rings. The Morgan fingerprint density at radius 2 is 1.55 bits per heavy atom. The van der Waals surface area contributed by atoms with E-state index in [0.29, 0.717) is 30.9 Å². The summed E-state index contributed by atoms with van der Waals surface area (Å²) in [5.41, 5.74) is -0.639. The van der Waals surface area contributed by atoms with E-state index < -0.39 is 11.5 Å². The highest BCUT2D eigenvalue weighted by Gasteiger charge is 2.39. The van der Waals surface area contributed by atoms with Gasteiger partial charge in [-0.3, -0.25) is 4.79 Å². The van der Waals surface area contributed by atoms with Gasteiger partial charge in [0, 0.05) is 13.2 Å². The van der Waals surface area contributed by atoms with E-state index in [1.165, 1.54) is 0 Å². The van der Waals surface area contributed by atoms with E-state index in [4.69, 9.17) is 4.74 Å². The Bertz CT molecular complexity index is 544. The Morgan fingerprint density at radius 3 is 2.00 bits per heavy atom. The second-order valence-electron chi connectivity index (χ2n) is 4.90. The number of carbonyl (C=O) groups excluding carboxylic acids is 1. The largest absolute Gasteiger partial charge is 0.380 e. The molecule has 0 bridgehead atoms. The van der Waals surface area contributed by atoms with Crippen LogP contribution in [0.3, 0.4) is 0 Å². The lowest BCUT2D eigenvalue weighted by atomic mass is 9.85. The van der Waals surface area contributed by atoms with E-state index in [-0.39, 0.29) is 0 Å². The van der Waals surface area contributed by atoms with Crippen LogP contribution in [0, 0.1) is 0 Å². The van der Waals surface area contributed by atoms with Crippen molar-refractivity contribution in [3.8, 4) is 0 Å². The quantitative estimate of drug-likeness (QED) is 0.770. The van der Waals surface area contributed by atoms with Gasteiger partial charge in [-0.1, -0.05) is 60.7 Å². The summed E-state index contributed by atoms with van der Waals surface area (Å²) < 4.78 is 5.21. The SMILES string of the molecule is CCOCCNC(=O)C(O)(c1ccccc1)c1ccccc1. The number of ether oxygens (including phenoxy) is 1. The van der Waals surface area contributed by atoms with Gasteiger partial charge >= 0.3 is 0 Å². The molecule has 116 valence electrons. The van der Waals surface area contributed by atoms with Crippen molar-refractivity contribution in [1.29, 1.82) is 0 Å². The molecule has 22 heavy (non-hydrogen) atoms. The molecule has 0 heterocycles. The summed E-state index contributed by atoms with van der Waals surface area (Å²) in [6.45, 7) is 3.26. The highest BCUT2D eigenvalue weighted by Crippen LogP contribution is 2.29. The number of aliphatic hydroxyl groups is 1. The summed E-state index contributed by atoms with van der Waals surface area (Å²) in [5, 5.41) is 13.9. The van der Waals surface area contributed by atoms with Crippen LogP contribution >= 0.6 is 0 Å². The maximum Gasteiger partial charge on any atom is 0.261 e. The molecular formula is C18H21NO3. The number of benzene rings is 2. The fourth-order valence-corrected chi connectivity index (χ4v) is 2.30. The van der Waals surface area contributed by atoms with E-state index in [2.05, 4.69) is 5.32 Å². The van der Waals surface area contributed by atoms with Crippen molar-refractivity contribution in [2.45, 2.75) is 12.5 Å². The lowest BCUT2D eigenvalue weighted by Crippen LogP contribution is -2.46. The minimum Gasteiger partial charge on any atom is -0.380 e. The molecule has 0 aliphatic heterocycles. The number of hydrogen-bond donors (Lipinski definition) is 2. The van der Waals surface area contributed by atoms with Crippen molar-refractivity contribution in [2.24, 2.45) is 0 Å². The van der Waals surface area contributed by atoms with Crippen LogP contribution < -0.4 is 5.32 Å². The summed E-state index contributed by atoms with van der Waals surface area (Å²) in [6, 6.07) is 17.9. The van der Waals surface area contributed by atoms with Crippen molar-refractivity contribution in [3.05, 3.63) is 71.8 Å². The Morgan fingerprint density at radius 1 is 1.05 bits per heavy atom. The molecule has 2 N–H and O–H groups in total. The van der Waals surface area contributed by atoms with Gasteiger partial charge in [-0.15, -0.1) is 0 Å². The van der Waals surface area contributed by atoms with Crippen LogP contribution in [0.15, 0.2) is 60.7 Å². The van der Waals surface area contributed by atoms with Gasteiger partial charge in [0.1, 0.15) is 0 Å². The van der Waals surface area contributed by atoms with Crippen molar-refractivity contribution in [3.63, 3.8) is 0 Å². The lowest BCUT2D eigenvalue weighted by Gasteiger charge is -2.28. The van der Waals surface area contributed by atoms with Gasteiger partial charge in [-0.05, 0) is 18.1 Å². The predicted octanol–water partition coefficient (Wildman–Crippen LogP) is 2.08. The van der Waals surface area contributed by atoms with Crippen molar-refractivity contribution >= 4 is 5.91 Å². The van der Waals surface area contributed by atoms with E-state index in [1.807, 2.05) is 19.1 Å². The van der Waals surface area contributed by atoms with Crippen LogP contribution in [-0.2, 0) is 15.1 Å². The van der Waals surface area contributed by atoms with Crippen LogP contribution in [0.25, 0.3) is 0 Å². The monoisotopic (exact) mass is 299 g/mol. The van der Waals surface area contributed by atoms with E-state index in [0.717, 1.165) is 0 Å². The number of hydrogen-bond acceptors (Lipinski definition) is 3. The number of rotatable bonds is 7. The minimum absolute atomic E-state index is 0.356. The topological polar surface area (TPSA) is 58.6 Å². The summed E-state index contributed by atoms with van der Waals surface area (Å²) >= 11 is 0. The molecule has 2 rings (SSSR count). The Hall–Kier alpha value is -2.17. The van der Waals surface area contributed by atoms with Gasteiger partial charge < -0.3 is 15.2 Å². The number of carbonyl (C=O) groups is 1. The molecule has 4 nitrogen and oxygen atoms in total. The van der Waals surface area contributed by atoms with Gasteiger partial charge in [0.25, 0.3) is 5.91 Å². The zero-order valence-electron chi connectivity index (χ0n) is 12.7. The third-order valence-electron chi connectivity index (χ3n) is 3.45. The maximum absolute atomic E-state index is 12.6. The third-order valence-corrected chi connectivity index (χ3v) is 3.45. The minimum atomic E-state index is -1.71. The lowest BCUT2D eigenvalue weighted by molar-refractivity contribution is -0.136. The Labute approximate surface area is 130 Å². The maximum atomic E-state index is 12.6. The normalized spacial score (nSPS) is 11.2. The van der Waals surface area contributed by atoms with Crippen LogP contribution in [0.2, 0.25) is 0 Å². The summed E-state index contributed by atoms with van der Waals surface area (Å²) in [5.74, 6) is -0.454. The number of nitrogens with one attached hydrogen (secondary N) is 1. The third kappa shape index (κ3) is 3.53. The molecular weight excluding hydrogens is 278 g/mol. The molecule has 0 fully saturated rings. The molecule has 0 aromatic heterocycles. The molecule has 2 aromatic carbocycles. The molecule has 0 aliphatic rings. The molecule has 0 saturated heterocycles. The first kappa shape index (κ1) is 16.2. The Balaban J connectivity index is 2.28. The second kappa shape index (κ2) is 7.73. The first-order chi connectivity index (χ1) is 10.7. The van der Waals surface area contributed by atoms with E-state index in [1.54, 1.807) is 48.5 Å². The van der Waals surface area contributed by atoms with E-state index >= 15 is 0 Å². The average Bonchev–Trinajstić information content (AvgIpc) is 2.59. The molecule has 0 radical (unpaired) electrons. The molecule has 4 heteroatoms. The van der Waals surface area contributed by atoms with Gasteiger partial charge in [-0.25, -0.2) is 0 Å². The fourth-order valence-electron chi connectivity index (χ4n) is 2.30. The molecule has 0 unspecified atom stereocenters.